The van der Waals surface area contributed by atoms with Crippen molar-refractivity contribution in [2.24, 2.45) is 0 Å². The molecule has 1 aromatic heterocycles. The van der Waals surface area contributed by atoms with Gasteiger partial charge in [0.25, 0.3) is 5.56 Å². The van der Waals surface area contributed by atoms with Gasteiger partial charge >= 0.3 is 6.18 Å². The average molecular weight is 251 g/mol. The Labute approximate surface area is 95.0 Å². The second-order valence-electron chi connectivity index (χ2n) is 3.26. The summed E-state index contributed by atoms with van der Waals surface area (Å²) in [5.41, 5.74) is -0.485. The monoisotopic (exact) mass is 251 g/mol. The molecule has 8 heteroatoms. The molecule has 96 valence electrons. The van der Waals surface area contributed by atoms with Crippen LogP contribution in [0.3, 0.4) is 0 Å². The summed E-state index contributed by atoms with van der Waals surface area (Å²) in [7, 11) is 1.28. The van der Waals surface area contributed by atoms with Crippen molar-refractivity contribution in [3.05, 3.63) is 16.7 Å². The normalized spacial score (nSPS) is 11.3. The molecule has 0 fully saturated rings. The van der Waals surface area contributed by atoms with Crippen molar-refractivity contribution in [2.45, 2.75) is 19.0 Å². The maximum absolute atomic E-state index is 11.9. The molecule has 5 nitrogen and oxygen atoms in total. The van der Waals surface area contributed by atoms with Crippen LogP contribution in [-0.4, -0.2) is 29.8 Å². The number of aromatic amines is 1. The SMILES string of the molecule is COc1c(NCCCC(F)(F)F)nc[nH]c1=O. The van der Waals surface area contributed by atoms with Crippen molar-refractivity contribution >= 4 is 5.82 Å². The molecule has 0 aliphatic carbocycles. The van der Waals surface area contributed by atoms with E-state index in [1.54, 1.807) is 0 Å². The van der Waals surface area contributed by atoms with E-state index >= 15 is 0 Å². The Bertz CT molecular complexity index is 417. The highest BCUT2D eigenvalue weighted by molar-refractivity contribution is 5.47. The van der Waals surface area contributed by atoms with E-state index in [0.29, 0.717) is 0 Å². The van der Waals surface area contributed by atoms with Crippen LogP contribution < -0.4 is 15.6 Å². The largest absolute Gasteiger partial charge is 0.489 e. The summed E-state index contributed by atoms with van der Waals surface area (Å²) in [6.07, 6.45) is -4.00. The van der Waals surface area contributed by atoms with Gasteiger partial charge in [0.2, 0.25) is 5.75 Å². The lowest BCUT2D eigenvalue weighted by Crippen LogP contribution is -2.16. The number of rotatable bonds is 5. The Morgan fingerprint density at radius 2 is 2.24 bits per heavy atom. The van der Waals surface area contributed by atoms with E-state index < -0.39 is 18.2 Å². The molecule has 0 bridgehead atoms. The van der Waals surface area contributed by atoms with Gasteiger partial charge in [-0.3, -0.25) is 4.79 Å². The fourth-order valence-corrected chi connectivity index (χ4v) is 1.20. The third kappa shape index (κ3) is 4.33. The van der Waals surface area contributed by atoms with Gasteiger partial charge in [0.1, 0.15) is 0 Å². The Balaban J connectivity index is 2.52. The predicted molar refractivity (Wildman–Crippen MR) is 55.2 cm³/mol. The molecule has 17 heavy (non-hydrogen) atoms. The first kappa shape index (κ1) is 13.3. The highest BCUT2D eigenvalue weighted by Crippen LogP contribution is 2.21. The number of nitrogens with one attached hydrogen (secondary N) is 2. The van der Waals surface area contributed by atoms with Crippen LogP contribution in [0.15, 0.2) is 11.1 Å². The predicted octanol–water partition coefficient (Wildman–Crippen LogP) is 1.53. The molecule has 0 aliphatic heterocycles. The number of halogens is 3. The van der Waals surface area contributed by atoms with Crippen LogP contribution >= 0.6 is 0 Å². The lowest BCUT2D eigenvalue weighted by atomic mass is 10.3. The quantitative estimate of drug-likeness (QED) is 0.779. The summed E-state index contributed by atoms with van der Waals surface area (Å²) in [5, 5.41) is 2.62. The summed E-state index contributed by atoms with van der Waals surface area (Å²) in [6, 6.07) is 0. The smallest absolute Gasteiger partial charge is 0.389 e. The summed E-state index contributed by atoms with van der Waals surface area (Å²) in [5.74, 6) is 0.0953. The Kier molecular flexibility index (Phi) is 4.36. The first-order chi connectivity index (χ1) is 7.94. The van der Waals surface area contributed by atoms with Crippen molar-refractivity contribution in [3.8, 4) is 5.75 Å². The molecule has 0 saturated carbocycles. The van der Waals surface area contributed by atoms with Gasteiger partial charge in [0.05, 0.1) is 13.4 Å². The van der Waals surface area contributed by atoms with Crippen molar-refractivity contribution in [1.29, 1.82) is 0 Å². The number of nitrogens with zero attached hydrogens (tertiary/aromatic N) is 1. The number of anilines is 1. The van der Waals surface area contributed by atoms with Gasteiger partial charge < -0.3 is 15.0 Å². The topological polar surface area (TPSA) is 67.0 Å². The first-order valence-corrected chi connectivity index (χ1v) is 4.86. The number of methoxy groups -OCH3 is 1. The van der Waals surface area contributed by atoms with Crippen molar-refractivity contribution < 1.29 is 17.9 Å². The lowest BCUT2D eigenvalue weighted by molar-refractivity contribution is -0.134. The Morgan fingerprint density at radius 1 is 1.53 bits per heavy atom. The molecule has 1 rings (SSSR count). The van der Waals surface area contributed by atoms with Gasteiger partial charge in [-0.15, -0.1) is 0 Å². The van der Waals surface area contributed by atoms with Gasteiger partial charge in [-0.05, 0) is 6.42 Å². The Hall–Kier alpha value is -1.73. The standard InChI is InChI=1S/C9H12F3N3O2/c1-17-6-7(14-5-15-8(6)16)13-4-2-3-9(10,11)12/h5H,2-4H2,1H3,(H2,13,14,15,16). The highest BCUT2D eigenvalue weighted by Gasteiger charge is 2.25. The van der Waals surface area contributed by atoms with Crippen LogP contribution in [0, 0.1) is 0 Å². The van der Waals surface area contributed by atoms with Crippen LogP contribution in [0.2, 0.25) is 0 Å². The number of H-pyrrole nitrogens is 1. The first-order valence-electron chi connectivity index (χ1n) is 4.86. The highest BCUT2D eigenvalue weighted by atomic mass is 19.4. The van der Waals surface area contributed by atoms with Gasteiger partial charge in [-0.1, -0.05) is 0 Å². The molecule has 1 aromatic rings. The lowest BCUT2D eigenvalue weighted by Gasteiger charge is -2.09. The van der Waals surface area contributed by atoms with Crippen molar-refractivity contribution in [3.63, 3.8) is 0 Å². The van der Waals surface area contributed by atoms with E-state index in [-0.39, 0.29) is 24.5 Å². The molecule has 0 atom stereocenters. The van der Waals surface area contributed by atoms with Crippen molar-refractivity contribution in [1.82, 2.24) is 9.97 Å². The van der Waals surface area contributed by atoms with Gasteiger partial charge in [0.15, 0.2) is 5.82 Å². The molecule has 2 N–H and O–H groups in total. The molecular formula is C9H12F3N3O2. The van der Waals surface area contributed by atoms with Gasteiger partial charge in [-0.2, -0.15) is 13.2 Å². The summed E-state index contributed by atoms with van der Waals surface area (Å²) in [6.45, 7) is 0.0618. The van der Waals surface area contributed by atoms with Crippen LogP contribution in [0.4, 0.5) is 19.0 Å². The fraction of sp³-hybridized carbons (Fsp3) is 0.556. The third-order valence-electron chi connectivity index (χ3n) is 1.94. The number of aromatic nitrogens is 2. The van der Waals surface area contributed by atoms with Gasteiger partial charge in [-0.25, -0.2) is 4.98 Å². The average Bonchev–Trinajstić information content (AvgIpc) is 2.23. The van der Waals surface area contributed by atoms with Gasteiger partial charge in [0, 0.05) is 13.0 Å². The van der Waals surface area contributed by atoms with E-state index in [1.807, 2.05) is 0 Å². The second kappa shape index (κ2) is 5.55. The maximum Gasteiger partial charge on any atom is 0.389 e. The van der Waals surface area contributed by atoms with Crippen molar-refractivity contribution in [2.75, 3.05) is 19.0 Å². The zero-order valence-corrected chi connectivity index (χ0v) is 9.10. The Morgan fingerprint density at radius 3 is 2.82 bits per heavy atom. The fourth-order valence-electron chi connectivity index (χ4n) is 1.20. The maximum atomic E-state index is 11.9. The molecule has 0 amide bonds. The molecule has 0 radical (unpaired) electrons. The molecule has 0 spiro atoms. The number of hydrogen-bond acceptors (Lipinski definition) is 4. The number of ether oxygens (including phenoxy) is 1. The third-order valence-corrected chi connectivity index (χ3v) is 1.94. The van der Waals surface area contributed by atoms with E-state index in [0.717, 1.165) is 6.33 Å². The minimum Gasteiger partial charge on any atom is -0.489 e. The minimum atomic E-state index is -4.17. The molecule has 0 aliphatic rings. The summed E-state index contributed by atoms with van der Waals surface area (Å²) in [4.78, 5) is 17.3. The zero-order chi connectivity index (χ0) is 12.9. The minimum absolute atomic E-state index is 0.0421. The van der Waals surface area contributed by atoms with E-state index in [1.165, 1.54) is 7.11 Å². The second-order valence-corrected chi connectivity index (χ2v) is 3.26. The molecule has 0 unspecified atom stereocenters. The molecule has 1 heterocycles. The number of hydrogen-bond donors (Lipinski definition) is 2. The zero-order valence-electron chi connectivity index (χ0n) is 9.10. The van der Waals surface area contributed by atoms with E-state index in [2.05, 4.69) is 15.3 Å². The number of alkyl halides is 3. The summed E-state index contributed by atoms with van der Waals surface area (Å²) >= 11 is 0. The van der Waals surface area contributed by atoms with Crippen LogP contribution in [-0.2, 0) is 0 Å². The van der Waals surface area contributed by atoms with E-state index in [9.17, 15) is 18.0 Å². The molecule has 0 aromatic carbocycles. The van der Waals surface area contributed by atoms with E-state index in [4.69, 9.17) is 4.74 Å². The van der Waals surface area contributed by atoms with Crippen LogP contribution in [0.1, 0.15) is 12.8 Å². The molecule has 0 saturated heterocycles. The molecular weight excluding hydrogens is 239 g/mol. The van der Waals surface area contributed by atoms with Crippen LogP contribution in [0.25, 0.3) is 0 Å². The summed E-state index contributed by atoms with van der Waals surface area (Å²) < 4.78 is 40.4. The van der Waals surface area contributed by atoms with Crippen LogP contribution in [0.5, 0.6) is 5.75 Å².